The maximum Gasteiger partial charge on any atom is 0.255 e. The van der Waals surface area contributed by atoms with Gasteiger partial charge in [-0.2, -0.15) is 0 Å². The van der Waals surface area contributed by atoms with Crippen molar-refractivity contribution in [3.05, 3.63) is 70.4 Å². The van der Waals surface area contributed by atoms with Gasteiger partial charge >= 0.3 is 0 Å². The number of fused-ring (bicyclic) bond motifs is 1. The van der Waals surface area contributed by atoms with Gasteiger partial charge in [0, 0.05) is 74.5 Å². The van der Waals surface area contributed by atoms with Gasteiger partial charge in [0.25, 0.3) is 5.91 Å². The number of benzene rings is 2. The molecule has 0 radical (unpaired) electrons. The first-order chi connectivity index (χ1) is 24.7. The molecule has 11 nitrogen and oxygen atoms in total. The first-order valence-corrected chi connectivity index (χ1v) is 20.1. The van der Waals surface area contributed by atoms with Gasteiger partial charge in [0.2, 0.25) is 11.8 Å². The third kappa shape index (κ3) is 10.1. The van der Waals surface area contributed by atoms with Crippen LogP contribution in [0.4, 0.5) is 0 Å². The Bertz CT molecular complexity index is 1630. The van der Waals surface area contributed by atoms with Gasteiger partial charge in [-0.15, -0.1) is 11.3 Å². The summed E-state index contributed by atoms with van der Waals surface area (Å²) >= 11 is 3.90. The van der Waals surface area contributed by atoms with Gasteiger partial charge in [-0.1, -0.05) is 66.8 Å². The van der Waals surface area contributed by atoms with Crippen molar-refractivity contribution in [3.8, 4) is 16.2 Å². The minimum absolute atomic E-state index is 0.0278. The summed E-state index contributed by atoms with van der Waals surface area (Å²) in [4.78, 5) is 49.7. The number of thiazole rings is 1. The number of carbonyl (C=O) groups is 3. The summed E-state index contributed by atoms with van der Waals surface area (Å²) in [7, 11) is 0. The van der Waals surface area contributed by atoms with Gasteiger partial charge < -0.3 is 34.4 Å². The summed E-state index contributed by atoms with van der Waals surface area (Å²) in [6.07, 6.45) is 1.89. The largest absolute Gasteiger partial charge is 0.493 e. The number of aliphatic hydroxyl groups excluding tert-OH is 1. The number of alkyl halides is 1. The van der Waals surface area contributed by atoms with Crippen molar-refractivity contribution in [1.82, 2.24) is 20.1 Å². The van der Waals surface area contributed by atoms with Gasteiger partial charge in [0.15, 0.2) is 0 Å². The molecule has 3 atom stereocenters. The molecule has 2 aliphatic heterocycles. The van der Waals surface area contributed by atoms with Crippen LogP contribution in [-0.4, -0.2) is 99.8 Å². The van der Waals surface area contributed by atoms with Crippen LogP contribution in [0.15, 0.2) is 48.0 Å². The fourth-order valence-corrected chi connectivity index (χ4v) is 7.69. The zero-order valence-electron chi connectivity index (χ0n) is 29.6. The van der Waals surface area contributed by atoms with Gasteiger partial charge in [0.1, 0.15) is 17.8 Å². The molecule has 0 aliphatic carbocycles. The molecule has 0 unspecified atom stereocenters. The number of nitrogens with one attached hydrogen (secondary N) is 1. The Balaban J connectivity index is 1.21. The second-order valence-corrected chi connectivity index (χ2v) is 15.2. The summed E-state index contributed by atoms with van der Waals surface area (Å²) < 4.78 is 18.7. The number of hydrogen-bond acceptors (Lipinski definition) is 9. The van der Waals surface area contributed by atoms with Crippen LogP contribution in [0.5, 0.6) is 5.75 Å². The molecular weight excluding hydrogens is 783 g/mol. The molecule has 3 heterocycles. The Morgan fingerprint density at radius 2 is 1.78 bits per heavy atom. The summed E-state index contributed by atoms with van der Waals surface area (Å²) in [5.74, 6) is -0.440. The number of ether oxygens (including phenoxy) is 3. The molecular formula is C38H49IN4O7S. The van der Waals surface area contributed by atoms with Crippen molar-refractivity contribution < 1.29 is 33.7 Å². The number of aromatic nitrogens is 1. The molecule has 13 heteroatoms. The first kappa shape index (κ1) is 39.1. The minimum Gasteiger partial charge on any atom is -0.493 e. The topological polar surface area (TPSA) is 131 Å². The molecule has 1 saturated heterocycles. The van der Waals surface area contributed by atoms with Gasteiger partial charge in [-0.25, -0.2) is 4.98 Å². The number of carbonyl (C=O) groups excluding carboxylic acids is 3. The van der Waals surface area contributed by atoms with Crippen LogP contribution in [0.1, 0.15) is 66.7 Å². The van der Waals surface area contributed by atoms with E-state index in [9.17, 15) is 19.5 Å². The molecule has 3 aromatic rings. The lowest BCUT2D eigenvalue weighted by Gasteiger charge is -2.35. The van der Waals surface area contributed by atoms with E-state index in [1.54, 1.807) is 22.3 Å². The van der Waals surface area contributed by atoms with Crippen LogP contribution in [0.3, 0.4) is 0 Å². The van der Waals surface area contributed by atoms with E-state index in [0.717, 1.165) is 51.1 Å². The normalized spacial score (nSPS) is 17.6. The van der Waals surface area contributed by atoms with Crippen molar-refractivity contribution in [2.45, 2.75) is 77.7 Å². The molecule has 0 spiro atoms. The van der Waals surface area contributed by atoms with Gasteiger partial charge in [-0.05, 0) is 48.9 Å². The third-order valence-corrected chi connectivity index (χ3v) is 10.9. The fourth-order valence-electron chi connectivity index (χ4n) is 6.58. The molecule has 51 heavy (non-hydrogen) atoms. The lowest BCUT2D eigenvalue weighted by molar-refractivity contribution is -0.143. The van der Waals surface area contributed by atoms with Crippen molar-refractivity contribution >= 4 is 51.6 Å². The highest BCUT2D eigenvalue weighted by atomic mass is 127. The molecule has 2 N–H and O–H groups in total. The van der Waals surface area contributed by atoms with E-state index in [2.05, 4.69) is 32.9 Å². The number of likely N-dealkylation sites (tertiary alicyclic amines) is 1. The zero-order chi connectivity index (χ0) is 36.3. The molecule has 1 fully saturated rings. The summed E-state index contributed by atoms with van der Waals surface area (Å²) in [5, 5.41) is 13.7. The van der Waals surface area contributed by atoms with Crippen molar-refractivity contribution in [2.24, 2.45) is 5.92 Å². The number of aryl methyl sites for hydroxylation is 1. The third-order valence-electron chi connectivity index (χ3n) is 9.15. The van der Waals surface area contributed by atoms with Crippen LogP contribution in [-0.2, 0) is 32.2 Å². The average Bonchev–Trinajstić information content (AvgIpc) is 3.82. The highest BCUT2D eigenvalue weighted by Crippen LogP contribution is 2.33. The predicted molar refractivity (Wildman–Crippen MR) is 205 cm³/mol. The fraction of sp³-hybridized carbons (Fsp3) is 0.526. The maximum absolute atomic E-state index is 14.1. The monoisotopic (exact) mass is 832 g/mol. The van der Waals surface area contributed by atoms with Gasteiger partial charge in [-0.3, -0.25) is 14.4 Å². The Morgan fingerprint density at radius 3 is 2.47 bits per heavy atom. The highest BCUT2D eigenvalue weighted by Gasteiger charge is 2.45. The SMILES string of the molecule is Cc1ncsc1-c1ccc(CNC(=O)[C@@H]2C[C@@H](O)CN2C(=O)[C@H](C(C)C)N2Cc3ccccc3C2=O)c(OCCCOCCCOCCCI)c1. The minimum atomic E-state index is -0.869. The number of nitrogens with zero attached hydrogens (tertiary/aromatic N) is 3. The Hall–Kier alpha value is -3.11. The first-order valence-electron chi connectivity index (χ1n) is 17.7. The lowest BCUT2D eigenvalue weighted by Crippen LogP contribution is -2.55. The van der Waals surface area contributed by atoms with E-state index >= 15 is 0 Å². The molecule has 276 valence electrons. The Morgan fingerprint density at radius 1 is 1.06 bits per heavy atom. The highest BCUT2D eigenvalue weighted by molar-refractivity contribution is 14.1. The number of β-amino-alcohol motifs (C(OH)–C–C–N with tert-alkyl or cyclic N) is 1. The number of rotatable bonds is 19. The average molecular weight is 833 g/mol. The van der Waals surface area contributed by atoms with Crippen LogP contribution >= 0.6 is 33.9 Å². The standard InChI is InChI=1S/C38H49IN4O7S/c1-25(2)34(43-22-29-9-4-5-10-31(29)37(43)46)38(47)42-23-30(44)20-32(42)36(45)40-21-28-12-11-27(35-26(3)41-24-51-35)19-33(28)50-18-8-17-49-16-7-15-48-14-6-13-39/h4-5,9-12,19,24-25,30,32,34,44H,6-8,13-18,20-23H2,1-3H3,(H,40,45)/t30-,32+,34+/m1/s1. The van der Waals surface area contributed by atoms with Crippen molar-refractivity contribution in [3.63, 3.8) is 0 Å². The van der Waals surface area contributed by atoms with E-state index in [1.165, 1.54) is 4.90 Å². The quantitative estimate of drug-likeness (QED) is 0.0935. The van der Waals surface area contributed by atoms with E-state index in [-0.39, 0.29) is 43.1 Å². The smallest absolute Gasteiger partial charge is 0.255 e. The number of halogens is 1. The van der Waals surface area contributed by atoms with E-state index in [1.807, 2.05) is 62.7 Å². The molecule has 1 aromatic heterocycles. The molecule has 0 saturated carbocycles. The summed E-state index contributed by atoms with van der Waals surface area (Å²) in [6.45, 7) is 9.42. The number of amides is 3. The summed E-state index contributed by atoms with van der Waals surface area (Å²) in [6, 6.07) is 11.6. The van der Waals surface area contributed by atoms with Crippen LogP contribution in [0.2, 0.25) is 0 Å². The second-order valence-electron chi connectivity index (χ2n) is 13.3. The van der Waals surface area contributed by atoms with Crippen molar-refractivity contribution in [2.75, 3.05) is 44.0 Å². The molecule has 0 bridgehead atoms. The van der Waals surface area contributed by atoms with E-state index < -0.39 is 18.2 Å². The Kier molecular flexibility index (Phi) is 14.7. The van der Waals surface area contributed by atoms with Crippen molar-refractivity contribution in [1.29, 1.82) is 0 Å². The molecule has 2 aliphatic rings. The number of hydrogen-bond donors (Lipinski definition) is 2. The maximum atomic E-state index is 14.1. The summed E-state index contributed by atoms with van der Waals surface area (Å²) in [5.41, 5.74) is 5.99. The predicted octanol–water partition coefficient (Wildman–Crippen LogP) is 5.39. The van der Waals surface area contributed by atoms with E-state index in [0.29, 0.717) is 50.7 Å². The molecule has 3 amide bonds. The van der Waals surface area contributed by atoms with Crippen LogP contribution in [0, 0.1) is 12.8 Å². The lowest BCUT2D eigenvalue weighted by atomic mass is 10.0. The molecule has 5 rings (SSSR count). The number of aliphatic hydroxyl groups is 1. The molecule has 2 aromatic carbocycles. The van der Waals surface area contributed by atoms with Crippen LogP contribution in [0.25, 0.3) is 10.4 Å². The van der Waals surface area contributed by atoms with Gasteiger partial charge in [0.05, 0.1) is 28.8 Å². The van der Waals surface area contributed by atoms with Crippen LogP contribution < -0.4 is 10.1 Å². The van der Waals surface area contributed by atoms with E-state index in [4.69, 9.17) is 14.2 Å². The second kappa shape index (κ2) is 19.1. The Labute approximate surface area is 318 Å². The zero-order valence-corrected chi connectivity index (χ0v) is 32.6.